The van der Waals surface area contributed by atoms with Crippen molar-refractivity contribution in [3.63, 3.8) is 0 Å². The largest absolute Gasteiger partial charge is 0.323 e. The summed E-state index contributed by atoms with van der Waals surface area (Å²) in [6, 6.07) is 11.3. The first-order valence-electron chi connectivity index (χ1n) is 9.01. The average molecular weight is 496 g/mol. The summed E-state index contributed by atoms with van der Waals surface area (Å²) in [4.78, 5) is 24.4. The molecule has 2 N–H and O–H groups in total. The van der Waals surface area contributed by atoms with E-state index in [4.69, 9.17) is 0 Å². The van der Waals surface area contributed by atoms with E-state index in [1.807, 2.05) is 0 Å². The lowest BCUT2D eigenvalue weighted by atomic mass is 10.2. The summed E-state index contributed by atoms with van der Waals surface area (Å²) in [6.45, 7) is 0. The Balaban J connectivity index is 1.55. The minimum absolute atomic E-state index is 0.0152. The Morgan fingerprint density at radius 1 is 1.06 bits per heavy atom. The van der Waals surface area contributed by atoms with Crippen LogP contribution in [0.5, 0.6) is 0 Å². The van der Waals surface area contributed by atoms with Crippen LogP contribution in [0, 0.1) is 5.82 Å². The zero-order valence-electron chi connectivity index (χ0n) is 16.9. The van der Waals surface area contributed by atoms with Crippen molar-refractivity contribution in [2.24, 2.45) is 0 Å². The molecule has 0 spiro atoms. The van der Waals surface area contributed by atoms with Crippen molar-refractivity contribution in [2.45, 2.75) is 9.24 Å². The summed E-state index contributed by atoms with van der Waals surface area (Å²) in [7, 11) is -0.743. The Morgan fingerprint density at radius 3 is 2.41 bits per heavy atom. The van der Waals surface area contributed by atoms with Gasteiger partial charge in [0.25, 0.3) is 5.91 Å². The van der Waals surface area contributed by atoms with Gasteiger partial charge in [0.1, 0.15) is 5.82 Å². The number of amides is 2. The molecule has 32 heavy (non-hydrogen) atoms. The van der Waals surface area contributed by atoms with E-state index in [9.17, 15) is 22.4 Å². The second kappa shape index (κ2) is 10.2. The lowest BCUT2D eigenvalue weighted by molar-refractivity contribution is -0.113. The van der Waals surface area contributed by atoms with E-state index in [-0.39, 0.29) is 27.0 Å². The first-order valence-corrected chi connectivity index (χ1v) is 12.3. The van der Waals surface area contributed by atoms with Crippen LogP contribution < -0.4 is 10.6 Å². The SMILES string of the molecule is CN(C)S(=O)(=O)c1ccc(C(=O)Nc2nnc(SCC(=O)Nc3ccccc3F)s2)cc1. The van der Waals surface area contributed by atoms with Crippen LogP contribution in [0.2, 0.25) is 0 Å². The smallest absolute Gasteiger partial charge is 0.257 e. The third-order valence-electron chi connectivity index (χ3n) is 4.00. The van der Waals surface area contributed by atoms with Crippen LogP contribution in [0.4, 0.5) is 15.2 Å². The van der Waals surface area contributed by atoms with Gasteiger partial charge in [-0.05, 0) is 36.4 Å². The van der Waals surface area contributed by atoms with Gasteiger partial charge in [-0.2, -0.15) is 0 Å². The van der Waals surface area contributed by atoms with E-state index in [1.165, 1.54) is 56.6 Å². The zero-order chi connectivity index (χ0) is 23.3. The predicted octanol–water partition coefficient (Wildman–Crippen LogP) is 2.91. The number of carbonyl (C=O) groups is 2. The maximum atomic E-state index is 13.6. The minimum Gasteiger partial charge on any atom is -0.323 e. The van der Waals surface area contributed by atoms with E-state index in [2.05, 4.69) is 20.8 Å². The summed E-state index contributed by atoms with van der Waals surface area (Å²) in [5.74, 6) is -1.44. The number of nitrogens with one attached hydrogen (secondary N) is 2. The standard InChI is InChI=1S/C19H18FN5O4S3/c1-25(2)32(28,29)13-9-7-12(8-10-13)17(27)22-18-23-24-19(31-18)30-11-16(26)21-15-6-4-3-5-14(15)20/h3-10H,11H2,1-2H3,(H,21,26)(H,22,23,27). The summed E-state index contributed by atoms with van der Waals surface area (Å²) >= 11 is 2.16. The van der Waals surface area contributed by atoms with Crippen molar-refractivity contribution in [1.82, 2.24) is 14.5 Å². The van der Waals surface area contributed by atoms with E-state index < -0.39 is 27.7 Å². The molecule has 0 aliphatic rings. The lowest BCUT2D eigenvalue weighted by Crippen LogP contribution is -2.22. The Morgan fingerprint density at radius 2 is 1.75 bits per heavy atom. The fourth-order valence-electron chi connectivity index (χ4n) is 2.35. The van der Waals surface area contributed by atoms with Crippen molar-refractivity contribution in [3.8, 4) is 0 Å². The summed E-state index contributed by atoms with van der Waals surface area (Å²) in [5, 5.41) is 13.0. The highest BCUT2D eigenvalue weighted by Gasteiger charge is 2.18. The van der Waals surface area contributed by atoms with Crippen molar-refractivity contribution >= 4 is 55.8 Å². The number of hydrogen-bond donors (Lipinski definition) is 2. The van der Waals surface area contributed by atoms with Gasteiger partial charge in [-0.1, -0.05) is 35.2 Å². The Kier molecular flexibility index (Phi) is 7.56. The van der Waals surface area contributed by atoms with Crippen LogP contribution in [0.25, 0.3) is 0 Å². The molecule has 1 heterocycles. The van der Waals surface area contributed by atoms with Crippen LogP contribution in [0.1, 0.15) is 10.4 Å². The molecule has 0 saturated heterocycles. The number of carbonyl (C=O) groups excluding carboxylic acids is 2. The fraction of sp³-hybridized carbons (Fsp3) is 0.158. The molecule has 13 heteroatoms. The molecule has 2 amide bonds. The minimum atomic E-state index is -3.59. The maximum Gasteiger partial charge on any atom is 0.257 e. The van der Waals surface area contributed by atoms with Crippen LogP contribution >= 0.6 is 23.1 Å². The number of sulfonamides is 1. The van der Waals surface area contributed by atoms with Crippen molar-refractivity contribution in [1.29, 1.82) is 0 Å². The van der Waals surface area contributed by atoms with E-state index in [1.54, 1.807) is 6.07 Å². The summed E-state index contributed by atoms with van der Waals surface area (Å²) in [6.07, 6.45) is 0. The fourth-order valence-corrected chi connectivity index (χ4v) is 4.80. The number of hydrogen-bond acceptors (Lipinski definition) is 8. The van der Waals surface area contributed by atoms with Gasteiger partial charge in [-0.3, -0.25) is 14.9 Å². The van der Waals surface area contributed by atoms with Gasteiger partial charge in [-0.15, -0.1) is 10.2 Å². The van der Waals surface area contributed by atoms with E-state index in [0.29, 0.717) is 4.34 Å². The molecule has 0 fully saturated rings. The summed E-state index contributed by atoms with van der Waals surface area (Å²) < 4.78 is 39.3. The molecule has 1 aromatic heterocycles. The predicted molar refractivity (Wildman–Crippen MR) is 121 cm³/mol. The normalized spacial score (nSPS) is 11.4. The van der Waals surface area contributed by atoms with E-state index >= 15 is 0 Å². The number of halogens is 1. The van der Waals surface area contributed by atoms with E-state index in [0.717, 1.165) is 27.4 Å². The maximum absolute atomic E-state index is 13.6. The Labute approximate surface area is 192 Å². The van der Waals surface area contributed by atoms with Gasteiger partial charge in [0.05, 0.1) is 16.3 Å². The van der Waals surface area contributed by atoms with Crippen molar-refractivity contribution < 1.29 is 22.4 Å². The topological polar surface area (TPSA) is 121 Å². The molecular weight excluding hydrogens is 477 g/mol. The van der Waals surface area contributed by atoms with Gasteiger partial charge in [0.2, 0.25) is 21.1 Å². The molecule has 2 aromatic carbocycles. The molecule has 0 aliphatic carbocycles. The lowest BCUT2D eigenvalue weighted by Gasteiger charge is -2.11. The third kappa shape index (κ3) is 5.88. The summed E-state index contributed by atoms with van der Waals surface area (Å²) in [5.41, 5.74) is 0.337. The first-order chi connectivity index (χ1) is 15.2. The van der Waals surface area contributed by atoms with Gasteiger partial charge >= 0.3 is 0 Å². The molecule has 0 bridgehead atoms. The molecule has 0 atom stereocenters. The molecule has 0 unspecified atom stereocenters. The molecular formula is C19H18FN5O4S3. The number of para-hydroxylation sites is 1. The molecule has 9 nitrogen and oxygen atoms in total. The van der Waals surface area contributed by atoms with Crippen LogP contribution in [0.15, 0.2) is 57.8 Å². The molecule has 0 radical (unpaired) electrons. The molecule has 3 rings (SSSR count). The number of anilines is 2. The highest BCUT2D eigenvalue weighted by Crippen LogP contribution is 2.26. The molecule has 0 aliphatic heterocycles. The monoisotopic (exact) mass is 495 g/mol. The number of rotatable bonds is 8. The van der Waals surface area contributed by atoms with Gasteiger partial charge < -0.3 is 5.32 Å². The highest BCUT2D eigenvalue weighted by atomic mass is 32.2. The second-order valence-electron chi connectivity index (χ2n) is 6.46. The molecule has 3 aromatic rings. The zero-order valence-corrected chi connectivity index (χ0v) is 19.4. The highest BCUT2D eigenvalue weighted by molar-refractivity contribution is 8.01. The average Bonchev–Trinajstić information content (AvgIpc) is 3.21. The van der Waals surface area contributed by atoms with Crippen molar-refractivity contribution in [2.75, 3.05) is 30.5 Å². The number of benzene rings is 2. The molecule has 168 valence electrons. The number of thioether (sulfide) groups is 1. The van der Waals surface area contributed by atoms with Crippen LogP contribution in [-0.2, 0) is 14.8 Å². The first kappa shape index (κ1) is 23.8. The number of aromatic nitrogens is 2. The number of nitrogens with zero attached hydrogens (tertiary/aromatic N) is 3. The molecule has 0 saturated carbocycles. The Hall–Kier alpha value is -2.87. The van der Waals surface area contributed by atoms with Gasteiger partial charge in [0.15, 0.2) is 4.34 Å². The van der Waals surface area contributed by atoms with Gasteiger partial charge in [-0.25, -0.2) is 17.1 Å². The third-order valence-corrected chi connectivity index (χ3v) is 7.80. The van der Waals surface area contributed by atoms with Gasteiger partial charge in [0, 0.05) is 19.7 Å². The quantitative estimate of drug-likeness (QED) is 0.364. The van der Waals surface area contributed by atoms with Crippen molar-refractivity contribution in [3.05, 3.63) is 59.9 Å². The second-order valence-corrected chi connectivity index (χ2v) is 10.8. The van der Waals surface area contributed by atoms with Crippen LogP contribution in [-0.4, -0.2) is 54.6 Å². The Bertz CT molecular complexity index is 1230. The van der Waals surface area contributed by atoms with Crippen LogP contribution in [0.3, 0.4) is 0 Å².